The number of benzene rings is 2. The van der Waals surface area contributed by atoms with Crippen molar-refractivity contribution in [3.8, 4) is 41.6 Å². The summed E-state index contributed by atoms with van der Waals surface area (Å²) in [6.45, 7) is 0. The van der Waals surface area contributed by atoms with Gasteiger partial charge in [0.25, 0.3) is 0 Å². The first-order chi connectivity index (χ1) is 20.7. The molecule has 10 nitrogen and oxygen atoms in total. The number of oxazole rings is 2. The third-order valence-electron chi connectivity index (χ3n) is 6.48. The minimum atomic E-state index is 0.529. The summed E-state index contributed by atoms with van der Waals surface area (Å²) in [5.41, 5.74) is 6.52. The van der Waals surface area contributed by atoms with Gasteiger partial charge >= 0.3 is 0 Å². The van der Waals surface area contributed by atoms with Gasteiger partial charge in [-0.2, -0.15) is 0 Å². The molecule has 0 aliphatic rings. The molecule has 16 heteroatoms. The molecule has 0 radical (unpaired) electrons. The van der Waals surface area contributed by atoms with Crippen molar-refractivity contribution in [1.29, 1.82) is 0 Å². The van der Waals surface area contributed by atoms with E-state index in [0.29, 0.717) is 22.9 Å². The Bertz CT molecular complexity index is 2320. The molecule has 200 valence electrons. The lowest BCUT2D eigenvalue weighted by atomic mass is 10.1. The molecule has 0 spiro atoms. The minimum Gasteiger partial charge on any atom is -0.435 e. The normalized spacial score (nSPS) is 12.3. The molecule has 0 saturated heterocycles. The third-order valence-corrected chi connectivity index (χ3v) is 12.4. The van der Waals surface area contributed by atoms with Gasteiger partial charge in [-0.3, -0.25) is 0 Å². The quantitative estimate of drug-likeness (QED) is 0.181. The van der Waals surface area contributed by atoms with E-state index in [1.165, 1.54) is 68.0 Å². The van der Waals surface area contributed by atoms with Crippen LogP contribution in [-0.4, -0.2) is 39.9 Å². The fourth-order valence-corrected chi connectivity index (χ4v) is 9.84. The summed E-state index contributed by atoms with van der Waals surface area (Å²) in [4.78, 5) is 42.0. The molecule has 0 amide bonds. The molecule has 0 bridgehead atoms. The van der Waals surface area contributed by atoms with E-state index in [1.54, 1.807) is 23.4 Å². The van der Waals surface area contributed by atoms with Gasteiger partial charge in [-0.1, -0.05) is 22.7 Å². The molecule has 0 atom stereocenters. The van der Waals surface area contributed by atoms with Crippen LogP contribution in [0.2, 0.25) is 0 Å². The van der Waals surface area contributed by atoms with Gasteiger partial charge in [0.1, 0.15) is 20.8 Å². The first-order valence-corrected chi connectivity index (χ1v) is 17.2. The molecule has 0 saturated carbocycles. The second kappa shape index (κ2) is 8.73. The van der Waals surface area contributed by atoms with Gasteiger partial charge in [-0.05, 0) is 35.0 Å². The first kappa shape index (κ1) is 23.5. The van der Waals surface area contributed by atoms with Crippen LogP contribution >= 0.6 is 68.0 Å². The molecule has 0 N–H and O–H groups in total. The van der Waals surface area contributed by atoms with Gasteiger partial charge in [-0.15, -0.1) is 45.3 Å². The standard InChI is InChI=1S/C26H8N8O2S6/c1-9-3-14-12(32-18(36-14)16-6-28-22(40-16)26-34-24-20(42-26)30-8-38-24)2-10(9)4-13-11(1)31-17(35-13)15-5-27-21(39-15)25-33-23-19(41-25)29-7-37-23/h1-8H. The van der Waals surface area contributed by atoms with E-state index in [1.807, 2.05) is 24.3 Å². The number of aromatic nitrogens is 8. The predicted octanol–water partition coefficient (Wildman–Crippen LogP) is 8.84. The fraction of sp³-hybridized carbons (Fsp3) is 0. The van der Waals surface area contributed by atoms with Gasteiger partial charge in [-0.25, -0.2) is 39.9 Å². The van der Waals surface area contributed by atoms with E-state index in [-0.39, 0.29) is 0 Å². The van der Waals surface area contributed by atoms with E-state index in [4.69, 9.17) is 18.8 Å². The van der Waals surface area contributed by atoms with Crippen LogP contribution in [0.5, 0.6) is 0 Å². The van der Waals surface area contributed by atoms with Crippen LogP contribution in [0.15, 0.2) is 56.5 Å². The van der Waals surface area contributed by atoms with Crippen molar-refractivity contribution in [2.75, 3.05) is 0 Å². The Morgan fingerprint density at radius 1 is 0.476 bits per heavy atom. The zero-order valence-corrected chi connectivity index (χ0v) is 25.4. The first-order valence-electron chi connectivity index (χ1n) is 12.2. The maximum absolute atomic E-state index is 6.18. The Morgan fingerprint density at radius 2 is 0.976 bits per heavy atom. The third kappa shape index (κ3) is 3.63. The van der Waals surface area contributed by atoms with Crippen molar-refractivity contribution in [2.45, 2.75) is 0 Å². The summed E-state index contributed by atoms with van der Waals surface area (Å²) in [6.07, 6.45) is 3.57. The second-order valence-electron chi connectivity index (χ2n) is 9.05. The number of hydrogen-bond acceptors (Lipinski definition) is 16. The Balaban J connectivity index is 0.990. The summed E-state index contributed by atoms with van der Waals surface area (Å²) < 4.78 is 12.4. The summed E-state index contributed by atoms with van der Waals surface area (Å²) in [6, 6.07) is 8.00. The topological polar surface area (TPSA) is 129 Å². The molecule has 8 aromatic heterocycles. The summed E-state index contributed by atoms with van der Waals surface area (Å²) in [5.74, 6) is 1.06. The van der Waals surface area contributed by atoms with E-state index in [2.05, 4.69) is 29.9 Å². The zero-order chi connectivity index (χ0) is 27.4. The maximum atomic E-state index is 6.18. The van der Waals surface area contributed by atoms with E-state index in [0.717, 1.165) is 70.9 Å². The van der Waals surface area contributed by atoms with Crippen molar-refractivity contribution >= 4 is 120 Å². The summed E-state index contributed by atoms with van der Waals surface area (Å²) in [7, 11) is 0. The number of fused-ring (bicyclic) bond motifs is 5. The number of rotatable bonds is 4. The Hall–Kier alpha value is -4.06. The van der Waals surface area contributed by atoms with Crippen LogP contribution in [0.3, 0.4) is 0 Å². The van der Waals surface area contributed by atoms with Crippen molar-refractivity contribution < 1.29 is 8.83 Å². The Labute approximate surface area is 256 Å². The summed E-state index contributed by atoms with van der Waals surface area (Å²) >= 11 is 9.14. The molecular weight excluding hydrogens is 649 g/mol. The van der Waals surface area contributed by atoms with Crippen LogP contribution in [0.1, 0.15) is 0 Å². The SMILES string of the molecule is c1nc2sc(-c3ncc(-c4nc5cc6cc7oc(-c8cnc(-c9nc%10scnc%10s9)s8)nc7cc6cc5o4)s3)nc2s1. The van der Waals surface area contributed by atoms with Crippen LogP contribution in [0, 0.1) is 0 Å². The van der Waals surface area contributed by atoms with Crippen LogP contribution in [0.25, 0.3) is 93.9 Å². The molecule has 0 unspecified atom stereocenters. The van der Waals surface area contributed by atoms with Crippen molar-refractivity contribution in [3.63, 3.8) is 0 Å². The molecular formula is C26H8N8O2S6. The van der Waals surface area contributed by atoms with Gasteiger partial charge in [0, 0.05) is 0 Å². The van der Waals surface area contributed by atoms with Gasteiger partial charge in [0.05, 0.1) is 23.4 Å². The minimum absolute atomic E-state index is 0.529. The fourth-order valence-electron chi connectivity index (χ4n) is 4.59. The molecule has 10 aromatic rings. The van der Waals surface area contributed by atoms with Crippen LogP contribution < -0.4 is 0 Å². The molecule has 0 aliphatic carbocycles. The lowest BCUT2D eigenvalue weighted by molar-refractivity contribution is 0.621. The van der Waals surface area contributed by atoms with Crippen molar-refractivity contribution in [1.82, 2.24) is 39.9 Å². The highest BCUT2D eigenvalue weighted by molar-refractivity contribution is 7.30. The average Bonchev–Trinajstić information content (AvgIpc) is 3.82. The molecule has 2 aromatic carbocycles. The Kier molecular flexibility index (Phi) is 4.88. The van der Waals surface area contributed by atoms with Crippen LogP contribution in [-0.2, 0) is 0 Å². The average molecular weight is 657 g/mol. The highest BCUT2D eigenvalue weighted by atomic mass is 32.1. The van der Waals surface area contributed by atoms with E-state index >= 15 is 0 Å². The van der Waals surface area contributed by atoms with Crippen LogP contribution in [0.4, 0.5) is 0 Å². The smallest absolute Gasteiger partial charge is 0.239 e. The number of nitrogens with zero attached hydrogens (tertiary/aromatic N) is 8. The van der Waals surface area contributed by atoms with Crippen molar-refractivity contribution in [3.05, 3.63) is 47.7 Å². The highest BCUT2D eigenvalue weighted by Crippen LogP contribution is 2.40. The van der Waals surface area contributed by atoms with Gasteiger partial charge in [0.2, 0.25) is 11.8 Å². The van der Waals surface area contributed by atoms with Gasteiger partial charge in [0.15, 0.2) is 50.5 Å². The van der Waals surface area contributed by atoms with E-state index < -0.39 is 0 Å². The lowest BCUT2D eigenvalue weighted by Crippen LogP contribution is -1.76. The lowest BCUT2D eigenvalue weighted by Gasteiger charge is -1.96. The molecule has 42 heavy (non-hydrogen) atoms. The second-order valence-corrected chi connectivity index (χ2v) is 14.7. The monoisotopic (exact) mass is 656 g/mol. The molecule has 8 heterocycles. The van der Waals surface area contributed by atoms with Crippen molar-refractivity contribution in [2.24, 2.45) is 0 Å². The maximum Gasteiger partial charge on any atom is 0.239 e. The molecule has 0 fully saturated rings. The summed E-state index contributed by atoms with van der Waals surface area (Å²) in [5, 5.41) is 5.33. The van der Waals surface area contributed by atoms with Gasteiger partial charge < -0.3 is 8.83 Å². The largest absolute Gasteiger partial charge is 0.435 e. The number of hydrogen-bond donors (Lipinski definition) is 0. The Morgan fingerprint density at radius 3 is 1.45 bits per heavy atom. The predicted molar refractivity (Wildman–Crippen MR) is 170 cm³/mol. The highest BCUT2D eigenvalue weighted by Gasteiger charge is 2.19. The number of thiazole rings is 6. The van der Waals surface area contributed by atoms with E-state index in [9.17, 15) is 0 Å². The zero-order valence-electron chi connectivity index (χ0n) is 20.5. The molecule has 10 rings (SSSR count). The molecule has 0 aliphatic heterocycles.